The first-order chi connectivity index (χ1) is 7.72. The van der Waals surface area contributed by atoms with Crippen LogP contribution in [0.4, 0.5) is 0 Å². The predicted octanol–water partition coefficient (Wildman–Crippen LogP) is 0.280. The SMILES string of the molecule is OCC1(C2(O)CCCOCC2)CCCNC1. The van der Waals surface area contributed by atoms with Crippen molar-refractivity contribution >= 4 is 0 Å². The Morgan fingerprint density at radius 1 is 1.12 bits per heavy atom. The lowest BCUT2D eigenvalue weighted by Gasteiger charge is -2.48. The van der Waals surface area contributed by atoms with Crippen LogP contribution in [0.2, 0.25) is 0 Å². The molecule has 2 aliphatic heterocycles. The summed E-state index contributed by atoms with van der Waals surface area (Å²) in [5.41, 5.74) is -1.12. The van der Waals surface area contributed by atoms with Crippen molar-refractivity contribution in [1.29, 1.82) is 0 Å². The lowest BCUT2D eigenvalue weighted by atomic mass is 9.65. The normalized spacial score (nSPS) is 41.6. The van der Waals surface area contributed by atoms with Gasteiger partial charge in [0.15, 0.2) is 0 Å². The van der Waals surface area contributed by atoms with Gasteiger partial charge in [0.1, 0.15) is 0 Å². The molecule has 0 aromatic carbocycles. The third-order valence-electron chi connectivity index (χ3n) is 4.30. The molecule has 2 aliphatic rings. The van der Waals surface area contributed by atoms with E-state index < -0.39 is 5.60 Å². The largest absolute Gasteiger partial charge is 0.396 e. The van der Waals surface area contributed by atoms with Gasteiger partial charge in [0.05, 0.1) is 12.2 Å². The molecular formula is C12H23NO3. The maximum absolute atomic E-state index is 10.8. The minimum Gasteiger partial charge on any atom is -0.396 e. The van der Waals surface area contributed by atoms with Crippen LogP contribution >= 0.6 is 0 Å². The van der Waals surface area contributed by atoms with E-state index in [9.17, 15) is 10.2 Å². The Morgan fingerprint density at radius 2 is 2.00 bits per heavy atom. The first kappa shape index (κ1) is 12.3. The summed E-state index contributed by atoms with van der Waals surface area (Å²) >= 11 is 0. The lowest BCUT2D eigenvalue weighted by molar-refractivity contribution is -0.129. The lowest BCUT2D eigenvalue weighted by Crippen LogP contribution is -2.58. The highest BCUT2D eigenvalue weighted by Gasteiger charge is 2.50. The summed E-state index contributed by atoms with van der Waals surface area (Å²) in [5.74, 6) is 0. The zero-order chi connectivity index (χ0) is 11.5. The van der Waals surface area contributed by atoms with Gasteiger partial charge in [-0.2, -0.15) is 0 Å². The Bertz CT molecular complexity index is 218. The second kappa shape index (κ2) is 5.00. The van der Waals surface area contributed by atoms with Crippen molar-refractivity contribution in [3.05, 3.63) is 0 Å². The van der Waals surface area contributed by atoms with E-state index in [2.05, 4.69) is 5.32 Å². The van der Waals surface area contributed by atoms with Crippen LogP contribution in [0.15, 0.2) is 0 Å². The summed E-state index contributed by atoms with van der Waals surface area (Å²) < 4.78 is 5.41. The molecule has 2 atom stereocenters. The Labute approximate surface area is 97.0 Å². The number of piperidine rings is 1. The molecule has 0 aromatic heterocycles. The fourth-order valence-electron chi connectivity index (χ4n) is 3.11. The zero-order valence-electron chi connectivity index (χ0n) is 9.87. The van der Waals surface area contributed by atoms with E-state index in [1.165, 1.54) is 0 Å². The Balaban J connectivity index is 2.16. The van der Waals surface area contributed by atoms with Gasteiger partial charge in [0, 0.05) is 31.6 Å². The van der Waals surface area contributed by atoms with Crippen LogP contribution in [0.3, 0.4) is 0 Å². The number of hydrogen-bond acceptors (Lipinski definition) is 4. The van der Waals surface area contributed by atoms with Crippen molar-refractivity contribution < 1.29 is 14.9 Å². The molecule has 2 rings (SSSR count). The first-order valence-electron chi connectivity index (χ1n) is 6.34. The molecule has 2 saturated heterocycles. The van der Waals surface area contributed by atoms with Crippen LogP contribution in [-0.2, 0) is 4.74 Å². The number of aliphatic hydroxyl groups is 2. The van der Waals surface area contributed by atoms with Crippen LogP contribution in [-0.4, -0.2) is 48.7 Å². The number of rotatable bonds is 2. The third kappa shape index (κ3) is 2.12. The van der Waals surface area contributed by atoms with Gasteiger partial charge in [-0.1, -0.05) is 0 Å². The smallest absolute Gasteiger partial charge is 0.0760 e. The number of hydrogen-bond donors (Lipinski definition) is 3. The zero-order valence-corrected chi connectivity index (χ0v) is 9.87. The third-order valence-corrected chi connectivity index (χ3v) is 4.30. The van der Waals surface area contributed by atoms with Crippen molar-refractivity contribution in [2.24, 2.45) is 5.41 Å². The summed E-state index contributed by atoms with van der Waals surface area (Å²) in [6, 6.07) is 0. The van der Waals surface area contributed by atoms with Crippen LogP contribution in [0, 0.1) is 5.41 Å². The number of ether oxygens (including phenoxy) is 1. The van der Waals surface area contributed by atoms with E-state index in [4.69, 9.17) is 4.74 Å². The van der Waals surface area contributed by atoms with Gasteiger partial charge in [-0.05, 0) is 32.2 Å². The maximum Gasteiger partial charge on any atom is 0.0760 e. The molecule has 2 heterocycles. The molecule has 4 nitrogen and oxygen atoms in total. The standard InChI is InChI=1S/C12H23NO3/c14-10-11(3-1-6-13-9-11)12(15)4-2-7-16-8-5-12/h13-15H,1-10H2. The van der Waals surface area contributed by atoms with Gasteiger partial charge in [-0.3, -0.25) is 0 Å². The molecule has 2 unspecified atom stereocenters. The van der Waals surface area contributed by atoms with E-state index in [-0.39, 0.29) is 12.0 Å². The van der Waals surface area contributed by atoms with Crippen LogP contribution in [0.5, 0.6) is 0 Å². The Hall–Kier alpha value is -0.160. The molecule has 16 heavy (non-hydrogen) atoms. The van der Waals surface area contributed by atoms with E-state index in [1.807, 2.05) is 0 Å². The highest BCUT2D eigenvalue weighted by Crippen LogP contribution is 2.43. The molecule has 0 aliphatic carbocycles. The molecule has 94 valence electrons. The van der Waals surface area contributed by atoms with Gasteiger partial charge in [0.2, 0.25) is 0 Å². The monoisotopic (exact) mass is 229 g/mol. The number of nitrogens with one attached hydrogen (secondary N) is 1. The molecule has 3 N–H and O–H groups in total. The van der Waals surface area contributed by atoms with Gasteiger partial charge in [0.25, 0.3) is 0 Å². The van der Waals surface area contributed by atoms with Crippen LogP contribution in [0.1, 0.15) is 32.1 Å². The molecule has 0 bridgehead atoms. The minimum absolute atomic E-state index is 0.0660. The quantitative estimate of drug-likeness (QED) is 0.636. The molecule has 0 aromatic rings. The summed E-state index contributed by atoms with van der Waals surface area (Å²) in [6.07, 6.45) is 4.22. The fourth-order valence-corrected chi connectivity index (χ4v) is 3.11. The predicted molar refractivity (Wildman–Crippen MR) is 61.2 cm³/mol. The fraction of sp³-hybridized carbons (Fsp3) is 1.00. The highest BCUT2D eigenvalue weighted by molar-refractivity contribution is 5.02. The van der Waals surface area contributed by atoms with Crippen molar-refractivity contribution in [3.63, 3.8) is 0 Å². The molecule has 0 radical (unpaired) electrons. The van der Waals surface area contributed by atoms with Gasteiger partial charge >= 0.3 is 0 Å². The summed E-state index contributed by atoms with van der Waals surface area (Å²) in [5, 5.41) is 23.9. The van der Waals surface area contributed by atoms with E-state index in [0.29, 0.717) is 13.0 Å². The van der Waals surface area contributed by atoms with E-state index >= 15 is 0 Å². The molecule has 4 heteroatoms. The number of aliphatic hydroxyl groups excluding tert-OH is 1. The summed E-state index contributed by atoms with van der Waals surface area (Å²) in [7, 11) is 0. The van der Waals surface area contributed by atoms with E-state index in [1.54, 1.807) is 0 Å². The van der Waals surface area contributed by atoms with Gasteiger partial charge in [-0.15, -0.1) is 0 Å². The molecular weight excluding hydrogens is 206 g/mol. The van der Waals surface area contributed by atoms with Gasteiger partial charge in [-0.25, -0.2) is 0 Å². The average molecular weight is 229 g/mol. The van der Waals surface area contributed by atoms with E-state index in [0.717, 1.165) is 45.4 Å². The molecule has 0 spiro atoms. The second-order valence-electron chi connectivity index (χ2n) is 5.22. The van der Waals surface area contributed by atoms with Crippen molar-refractivity contribution in [2.75, 3.05) is 32.9 Å². The Kier molecular flexibility index (Phi) is 3.85. The van der Waals surface area contributed by atoms with Crippen LogP contribution in [0.25, 0.3) is 0 Å². The topological polar surface area (TPSA) is 61.7 Å². The highest BCUT2D eigenvalue weighted by atomic mass is 16.5. The molecule has 0 amide bonds. The maximum atomic E-state index is 10.8. The minimum atomic E-state index is -0.758. The first-order valence-corrected chi connectivity index (χ1v) is 6.34. The van der Waals surface area contributed by atoms with Gasteiger partial charge < -0.3 is 20.3 Å². The van der Waals surface area contributed by atoms with Crippen molar-refractivity contribution in [1.82, 2.24) is 5.32 Å². The molecule has 0 saturated carbocycles. The van der Waals surface area contributed by atoms with Crippen molar-refractivity contribution in [3.8, 4) is 0 Å². The summed E-state index contributed by atoms with van der Waals surface area (Å²) in [4.78, 5) is 0. The molecule has 2 fully saturated rings. The second-order valence-corrected chi connectivity index (χ2v) is 5.22. The summed E-state index contributed by atoms with van der Waals surface area (Å²) in [6.45, 7) is 3.13. The van der Waals surface area contributed by atoms with Crippen molar-refractivity contribution in [2.45, 2.75) is 37.7 Å². The Morgan fingerprint density at radius 3 is 2.69 bits per heavy atom. The van der Waals surface area contributed by atoms with Crippen LogP contribution < -0.4 is 5.32 Å². The average Bonchev–Trinajstić information content (AvgIpc) is 2.56.